The van der Waals surface area contributed by atoms with Crippen LogP contribution >= 0.6 is 0 Å². The number of hydrogen-bond acceptors (Lipinski definition) is 4. The van der Waals surface area contributed by atoms with E-state index in [1.807, 2.05) is 18.2 Å². The molecule has 0 bridgehead atoms. The number of nitrogens with zero attached hydrogens (tertiary/aromatic N) is 3. The van der Waals surface area contributed by atoms with E-state index < -0.39 is 5.97 Å². The van der Waals surface area contributed by atoms with Crippen LogP contribution in [0.3, 0.4) is 0 Å². The number of fused-ring (bicyclic) bond motifs is 1. The monoisotopic (exact) mass is 379 g/mol. The second-order valence-corrected chi connectivity index (χ2v) is 7.38. The summed E-state index contributed by atoms with van der Waals surface area (Å²) in [5, 5.41) is 15.8. The Morgan fingerprint density at radius 3 is 2.82 bits per heavy atom. The maximum Gasteiger partial charge on any atom is 0.325 e. The molecule has 2 aromatic carbocycles. The predicted molar refractivity (Wildman–Crippen MR) is 108 cm³/mol. The summed E-state index contributed by atoms with van der Waals surface area (Å²) in [5.74, 6) is 0.374. The summed E-state index contributed by atoms with van der Waals surface area (Å²) in [6.07, 6.45) is 3.97. The molecule has 2 heterocycles. The lowest BCUT2D eigenvalue weighted by Gasteiger charge is -2.32. The SMILES string of the molecule is COc1ccc(CN2CCC[C@@H](c3ccn(CC(=O)O)n3)C2)c2ccccc12. The first-order valence-corrected chi connectivity index (χ1v) is 9.66. The third kappa shape index (κ3) is 3.87. The number of carboxylic acid groups (broad SMARTS) is 1. The van der Waals surface area contributed by atoms with Gasteiger partial charge >= 0.3 is 5.97 Å². The topological polar surface area (TPSA) is 67.6 Å². The van der Waals surface area contributed by atoms with Crippen molar-refractivity contribution in [1.82, 2.24) is 14.7 Å². The summed E-state index contributed by atoms with van der Waals surface area (Å²) >= 11 is 0. The van der Waals surface area contributed by atoms with Crippen molar-refractivity contribution in [2.75, 3.05) is 20.2 Å². The summed E-state index contributed by atoms with van der Waals surface area (Å²) in [4.78, 5) is 13.4. The zero-order valence-electron chi connectivity index (χ0n) is 16.0. The third-order valence-corrected chi connectivity index (χ3v) is 5.47. The van der Waals surface area contributed by atoms with E-state index in [4.69, 9.17) is 9.84 Å². The Labute approximate surface area is 164 Å². The molecule has 0 unspecified atom stereocenters. The minimum absolute atomic E-state index is 0.0890. The number of carboxylic acids is 1. The normalized spacial score (nSPS) is 17.7. The Kier molecular flexibility index (Phi) is 5.30. The molecule has 1 atom stereocenters. The molecular formula is C22H25N3O3. The lowest BCUT2D eigenvalue weighted by Crippen LogP contribution is -2.34. The summed E-state index contributed by atoms with van der Waals surface area (Å²) in [7, 11) is 1.71. The number of benzene rings is 2. The molecule has 6 heteroatoms. The highest BCUT2D eigenvalue weighted by molar-refractivity contribution is 5.91. The molecule has 0 amide bonds. The van der Waals surface area contributed by atoms with Crippen molar-refractivity contribution in [2.24, 2.45) is 0 Å². The van der Waals surface area contributed by atoms with Crippen molar-refractivity contribution in [3.05, 3.63) is 59.9 Å². The highest BCUT2D eigenvalue weighted by Gasteiger charge is 2.24. The van der Waals surface area contributed by atoms with Crippen molar-refractivity contribution in [1.29, 1.82) is 0 Å². The molecule has 4 rings (SSSR count). The number of rotatable bonds is 6. The standard InChI is InChI=1S/C22H25N3O3/c1-28-21-9-8-16(18-6-2-3-7-19(18)21)13-24-11-4-5-17(14-24)20-10-12-25(23-20)15-22(26)27/h2-3,6-10,12,17H,4-5,11,13-15H2,1H3,(H,26,27)/t17-/m1/s1. The first-order valence-electron chi connectivity index (χ1n) is 9.66. The van der Waals surface area contributed by atoms with Crippen LogP contribution in [-0.4, -0.2) is 46.0 Å². The molecule has 1 aliphatic rings. The van der Waals surface area contributed by atoms with Gasteiger partial charge in [-0.25, -0.2) is 0 Å². The van der Waals surface area contributed by atoms with Crippen LogP contribution in [0.15, 0.2) is 48.7 Å². The van der Waals surface area contributed by atoms with E-state index in [1.165, 1.54) is 15.6 Å². The first kappa shape index (κ1) is 18.5. The van der Waals surface area contributed by atoms with Gasteiger partial charge in [0.1, 0.15) is 12.3 Å². The van der Waals surface area contributed by atoms with Crippen LogP contribution in [0.2, 0.25) is 0 Å². The molecule has 6 nitrogen and oxygen atoms in total. The molecule has 1 N–H and O–H groups in total. The second-order valence-electron chi connectivity index (χ2n) is 7.38. The van der Waals surface area contributed by atoms with Crippen molar-refractivity contribution in [3.8, 4) is 5.75 Å². The molecule has 0 spiro atoms. The van der Waals surface area contributed by atoms with Gasteiger partial charge in [0.15, 0.2) is 0 Å². The van der Waals surface area contributed by atoms with Gasteiger partial charge in [0.2, 0.25) is 0 Å². The molecule has 1 aliphatic heterocycles. The molecule has 28 heavy (non-hydrogen) atoms. The lowest BCUT2D eigenvalue weighted by molar-refractivity contribution is -0.137. The fraction of sp³-hybridized carbons (Fsp3) is 0.364. The summed E-state index contributed by atoms with van der Waals surface area (Å²) in [6, 6.07) is 14.5. The Morgan fingerprint density at radius 2 is 2.04 bits per heavy atom. The van der Waals surface area contributed by atoms with Crippen LogP contribution < -0.4 is 4.74 Å². The van der Waals surface area contributed by atoms with Gasteiger partial charge in [-0.2, -0.15) is 5.10 Å². The van der Waals surface area contributed by atoms with E-state index in [-0.39, 0.29) is 6.54 Å². The zero-order valence-corrected chi connectivity index (χ0v) is 16.0. The Balaban J connectivity index is 1.51. The van der Waals surface area contributed by atoms with E-state index in [0.29, 0.717) is 5.92 Å². The molecule has 146 valence electrons. The average molecular weight is 379 g/mol. The number of piperidine rings is 1. The van der Waals surface area contributed by atoms with E-state index in [1.54, 1.807) is 13.3 Å². The predicted octanol–water partition coefficient (Wildman–Crippen LogP) is 3.51. The molecule has 1 saturated heterocycles. The van der Waals surface area contributed by atoms with Gasteiger partial charge in [0.25, 0.3) is 0 Å². The van der Waals surface area contributed by atoms with Gasteiger partial charge < -0.3 is 9.84 Å². The van der Waals surface area contributed by atoms with Crippen LogP contribution in [0.4, 0.5) is 0 Å². The Morgan fingerprint density at radius 1 is 1.21 bits per heavy atom. The molecule has 0 aliphatic carbocycles. The van der Waals surface area contributed by atoms with Gasteiger partial charge in [-0.05, 0) is 42.5 Å². The number of likely N-dealkylation sites (tertiary alicyclic amines) is 1. The minimum Gasteiger partial charge on any atom is -0.496 e. The van der Waals surface area contributed by atoms with Crippen LogP contribution in [0.1, 0.15) is 30.0 Å². The molecule has 1 fully saturated rings. The zero-order chi connectivity index (χ0) is 19.5. The van der Waals surface area contributed by atoms with Crippen molar-refractivity contribution < 1.29 is 14.6 Å². The van der Waals surface area contributed by atoms with Crippen molar-refractivity contribution in [2.45, 2.75) is 31.8 Å². The largest absolute Gasteiger partial charge is 0.496 e. The Hall–Kier alpha value is -2.86. The molecule has 3 aromatic rings. The van der Waals surface area contributed by atoms with Crippen LogP contribution in [0.5, 0.6) is 5.75 Å². The van der Waals surface area contributed by atoms with E-state index >= 15 is 0 Å². The highest BCUT2D eigenvalue weighted by Crippen LogP contribution is 2.31. The molecule has 1 aromatic heterocycles. The summed E-state index contributed by atoms with van der Waals surface area (Å²) < 4.78 is 7.02. The van der Waals surface area contributed by atoms with E-state index in [9.17, 15) is 4.79 Å². The summed E-state index contributed by atoms with van der Waals surface area (Å²) in [6.45, 7) is 2.79. The van der Waals surface area contributed by atoms with Crippen LogP contribution in [-0.2, 0) is 17.9 Å². The van der Waals surface area contributed by atoms with E-state index in [2.05, 4.69) is 34.3 Å². The number of ether oxygens (including phenoxy) is 1. The third-order valence-electron chi connectivity index (χ3n) is 5.47. The average Bonchev–Trinajstić information content (AvgIpc) is 3.16. The molecular weight excluding hydrogens is 354 g/mol. The number of methoxy groups -OCH3 is 1. The summed E-state index contributed by atoms with van der Waals surface area (Å²) in [5.41, 5.74) is 2.29. The Bertz CT molecular complexity index is 982. The van der Waals surface area contributed by atoms with Crippen LogP contribution in [0.25, 0.3) is 10.8 Å². The number of hydrogen-bond donors (Lipinski definition) is 1. The smallest absolute Gasteiger partial charge is 0.325 e. The fourth-order valence-corrected chi connectivity index (χ4v) is 4.15. The fourth-order valence-electron chi connectivity index (χ4n) is 4.15. The first-order chi connectivity index (χ1) is 13.6. The second kappa shape index (κ2) is 8.02. The van der Waals surface area contributed by atoms with Gasteiger partial charge in [0, 0.05) is 30.6 Å². The molecule has 0 radical (unpaired) electrons. The van der Waals surface area contributed by atoms with Crippen molar-refractivity contribution >= 4 is 16.7 Å². The van der Waals surface area contributed by atoms with Gasteiger partial charge in [0.05, 0.1) is 12.8 Å². The number of carbonyl (C=O) groups is 1. The van der Waals surface area contributed by atoms with Crippen molar-refractivity contribution in [3.63, 3.8) is 0 Å². The van der Waals surface area contributed by atoms with Gasteiger partial charge in [-0.15, -0.1) is 0 Å². The highest BCUT2D eigenvalue weighted by atomic mass is 16.5. The molecule has 0 saturated carbocycles. The van der Waals surface area contributed by atoms with Gasteiger partial charge in [-0.3, -0.25) is 14.4 Å². The maximum atomic E-state index is 10.9. The lowest BCUT2D eigenvalue weighted by atomic mass is 9.94. The quantitative estimate of drug-likeness (QED) is 0.710. The minimum atomic E-state index is -0.869. The van der Waals surface area contributed by atoms with Crippen LogP contribution in [0, 0.1) is 0 Å². The van der Waals surface area contributed by atoms with E-state index in [0.717, 1.165) is 49.3 Å². The van der Waals surface area contributed by atoms with Gasteiger partial charge in [-0.1, -0.05) is 30.3 Å². The number of aliphatic carboxylic acids is 1. The number of aromatic nitrogens is 2. The maximum absolute atomic E-state index is 10.9.